The van der Waals surface area contributed by atoms with Crippen LogP contribution in [-0.2, 0) is 0 Å². The molecule has 1 aliphatic carbocycles. The summed E-state index contributed by atoms with van der Waals surface area (Å²) in [6.45, 7) is 9.06. The minimum Gasteiger partial charge on any atom is -0.388 e. The number of hydrogen-bond acceptors (Lipinski definition) is 2. The highest BCUT2D eigenvalue weighted by molar-refractivity contribution is 5.24. The molecule has 1 N–H and O–H groups in total. The summed E-state index contributed by atoms with van der Waals surface area (Å²) in [4.78, 5) is 4.16. The highest BCUT2D eigenvalue weighted by Gasteiger charge is 2.33. The lowest BCUT2D eigenvalue weighted by Crippen LogP contribution is -2.28. The third kappa shape index (κ3) is 3.36. The summed E-state index contributed by atoms with van der Waals surface area (Å²) in [6.07, 6.45) is 8.04. The van der Waals surface area contributed by atoms with Crippen molar-refractivity contribution in [3.63, 3.8) is 0 Å². The van der Waals surface area contributed by atoms with Crippen LogP contribution in [0.4, 0.5) is 0 Å². The van der Waals surface area contributed by atoms with Crippen LogP contribution in [0, 0.1) is 24.2 Å². The van der Waals surface area contributed by atoms with Gasteiger partial charge in [-0.05, 0) is 61.5 Å². The Morgan fingerprint density at radius 1 is 1.21 bits per heavy atom. The normalized spacial score (nSPS) is 26.2. The van der Waals surface area contributed by atoms with Gasteiger partial charge in [0, 0.05) is 18.0 Å². The van der Waals surface area contributed by atoms with Gasteiger partial charge in [-0.15, -0.1) is 0 Å². The van der Waals surface area contributed by atoms with Crippen molar-refractivity contribution in [3.8, 4) is 0 Å². The maximum absolute atomic E-state index is 10.6. The van der Waals surface area contributed by atoms with Crippen LogP contribution < -0.4 is 0 Å². The van der Waals surface area contributed by atoms with E-state index in [1.54, 1.807) is 6.20 Å². The van der Waals surface area contributed by atoms with Crippen LogP contribution in [0.2, 0.25) is 0 Å². The van der Waals surface area contributed by atoms with Gasteiger partial charge in [0.25, 0.3) is 0 Å². The Bertz CT molecular complexity index is 414. The van der Waals surface area contributed by atoms with E-state index in [2.05, 4.69) is 32.7 Å². The van der Waals surface area contributed by atoms with Crippen molar-refractivity contribution in [2.45, 2.75) is 59.5 Å². The molecule has 0 spiro atoms. The van der Waals surface area contributed by atoms with Crippen molar-refractivity contribution in [2.75, 3.05) is 0 Å². The van der Waals surface area contributed by atoms with E-state index in [4.69, 9.17) is 0 Å². The first kappa shape index (κ1) is 14.5. The van der Waals surface area contributed by atoms with Crippen LogP contribution in [0.25, 0.3) is 0 Å². The fourth-order valence-corrected chi connectivity index (χ4v) is 3.34. The van der Waals surface area contributed by atoms with Gasteiger partial charge in [-0.1, -0.05) is 20.8 Å². The number of aromatic nitrogens is 1. The zero-order chi connectivity index (χ0) is 14.0. The molecule has 1 fully saturated rings. The first-order valence-corrected chi connectivity index (χ1v) is 7.48. The summed E-state index contributed by atoms with van der Waals surface area (Å²) in [5, 5.41) is 10.6. The van der Waals surface area contributed by atoms with E-state index in [0.29, 0.717) is 11.3 Å². The standard InChI is InChI=1S/C17H27NO/c1-12-9-10-18-11-15(12)16(19)13-5-7-14(8-6-13)17(2,3)4/h9-11,13-14,16,19H,5-8H2,1-4H3. The van der Waals surface area contributed by atoms with Crippen molar-refractivity contribution >= 4 is 0 Å². The van der Waals surface area contributed by atoms with Crippen LogP contribution in [-0.4, -0.2) is 10.1 Å². The predicted octanol–water partition coefficient (Wildman–Crippen LogP) is 4.28. The minimum atomic E-state index is -0.338. The molecule has 106 valence electrons. The van der Waals surface area contributed by atoms with Gasteiger partial charge in [-0.25, -0.2) is 0 Å². The van der Waals surface area contributed by atoms with E-state index >= 15 is 0 Å². The van der Waals surface area contributed by atoms with E-state index in [1.807, 2.05) is 12.3 Å². The Balaban J connectivity index is 2.00. The van der Waals surface area contributed by atoms with Gasteiger partial charge in [-0.2, -0.15) is 0 Å². The molecular weight excluding hydrogens is 234 g/mol. The lowest BCUT2D eigenvalue weighted by molar-refractivity contribution is 0.0522. The maximum atomic E-state index is 10.6. The molecule has 1 heterocycles. The maximum Gasteiger partial charge on any atom is 0.0835 e. The van der Waals surface area contributed by atoms with Gasteiger partial charge < -0.3 is 5.11 Å². The fourth-order valence-electron chi connectivity index (χ4n) is 3.34. The molecule has 0 saturated heterocycles. The van der Waals surface area contributed by atoms with Crippen LogP contribution in [0.1, 0.15) is 63.7 Å². The van der Waals surface area contributed by atoms with Crippen molar-refractivity contribution in [3.05, 3.63) is 29.6 Å². The Hall–Kier alpha value is -0.890. The molecule has 1 aliphatic rings. The van der Waals surface area contributed by atoms with Gasteiger partial charge >= 0.3 is 0 Å². The molecule has 2 nitrogen and oxygen atoms in total. The molecule has 2 heteroatoms. The second-order valence-corrected chi connectivity index (χ2v) is 7.15. The third-order valence-electron chi connectivity index (χ3n) is 4.84. The molecule has 2 rings (SSSR count). The minimum absolute atomic E-state index is 0.338. The van der Waals surface area contributed by atoms with Crippen molar-refractivity contribution < 1.29 is 5.11 Å². The molecule has 0 radical (unpaired) electrons. The van der Waals surface area contributed by atoms with E-state index in [9.17, 15) is 5.11 Å². The smallest absolute Gasteiger partial charge is 0.0835 e. The van der Waals surface area contributed by atoms with Gasteiger partial charge in [0.15, 0.2) is 0 Å². The van der Waals surface area contributed by atoms with Gasteiger partial charge in [0.1, 0.15) is 0 Å². The fraction of sp³-hybridized carbons (Fsp3) is 0.706. The van der Waals surface area contributed by atoms with Gasteiger partial charge in [0.2, 0.25) is 0 Å². The summed E-state index contributed by atoms with van der Waals surface area (Å²) in [5.41, 5.74) is 2.57. The molecule has 1 atom stereocenters. The van der Waals surface area contributed by atoms with Gasteiger partial charge in [0.05, 0.1) is 6.10 Å². The monoisotopic (exact) mass is 261 g/mol. The first-order valence-electron chi connectivity index (χ1n) is 7.48. The summed E-state index contributed by atoms with van der Waals surface area (Å²) < 4.78 is 0. The predicted molar refractivity (Wildman–Crippen MR) is 78.8 cm³/mol. The molecular formula is C17H27NO. The molecule has 1 saturated carbocycles. The highest BCUT2D eigenvalue weighted by atomic mass is 16.3. The number of aliphatic hydroxyl groups is 1. The van der Waals surface area contributed by atoms with Crippen molar-refractivity contribution in [2.24, 2.45) is 17.3 Å². The van der Waals surface area contributed by atoms with Gasteiger partial charge in [-0.3, -0.25) is 4.98 Å². The second-order valence-electron chi connectivity index (χ2n) is 7.15. The number of hydrogen-bond donors (Lipinski definition) is 1. The molecule has 0 bridgehead atoms. The molecule has 0 aliphatic heterocycles. The van der Waals surface area contributed by atoms with Crippen LogP contribution in [0.5, 0.6) is 0 Å². The molecule has 19 heavy (non-hydrogen) atoms. The van der Waals surface area contributed by atoms with E-state index in [1.165, 1.54) is 12.8 Å². The van der Waals surface area contributed by atoms with E-state index < -0.39 is 0 Å². The number of nitrogens with zero attached hydrogens (tertiary/aromatic N) is 1. The Labute approximate surface area is 117 Å². The third-order valence-corrected chi connectivity index (χ3v) is 4.84. The lowest BCUT2D eigenvalue weighted by atomic mass is 9.68. The van der Waals surface area contributed by atoms with Crippen LogP contribution >= 0.6 is 0 Å². The Morgan fingerprint density at radius 3 is 2.37 bits per heavy atom. The molecule has 0 aromatic carbocycles. The zero-order valence-electron chi connectivity index (χ0n) is 12.7. The summed E-state index contributed by atoms with van der Waals surface area (Å²) in [6, 6.07) is 1.99. The molecule has 1 unspecified atom stereocenters. The number of aryl methyl sites for hydroxylation is 1. The highest BCUT2D eigenvalue weighted by Crippen LogP contribution is 2.43. The topological polar surface area (TPSA) is 33.1 Å². The number of rotatable bonds is 2. The lowest BCUT2D eigenvalue weighted by Gasteiger charge is -2.38. The quantitative estimate of drug-likeness (QED) is 0.862. The number of pyridine rings is 1. The van der Waals surface area contributed by atoms with Crippen molar-refractivity contribution in [1.82, 2.24) is 4.98 Å². The summed E-state index contributed by atoms with van der Waals surface area (Å²) >= 11 is 0. The largest absolute Gasteiger partial charge is 0.388 e. The second kappa shape index (κ2) is 5.62. The number of aliphatic hydroxyl groups excluding tert-OH is 1. The Kier molecular flexibility index (Phi) is 4.29. The van der Waals surface area contributed by atoms with E-state index in [0.717, 1.165) is 29.9 Å². The summed E-state index contributed by atoms with van der Waals surface area (Å²) in [7, 11) is 0. The van der Waals surface area contributed by atoms with Crippen molar-refractivity contribution in [1.29, 1.82) is 0 Å². The SMILES string of the molecule is Cc1ccncc1C(O)C1CCC(C(C)(C)C)CC1. The average Bonchev–Trinajstić information content (AvgIpc) is 2.38. The molecule has 1 aromatic rings. The molecule has 0 amide bonds. The molecule has 1 aromatic heterocycles. The van der Waals surface area contributed by atoms with E-state index in [-0.39, 0.29) is 6.10 Å². The van der Waals surface area contributed by atoms with Crippen LogP contribution in [0.15, 0.2) is 18.5 Å². The first-order chi connectivity index (χ1) is 8.89. The Morgan fingerprint density at radius 2 is 1.84 bits per heavy atom. The van der Waals surface area contributed by atoms with Crippen LogP contribution in [0.3, 0.4) is 0 Å². The average molecular weight is 261 g/mol. The zero-order valence-corrected chi connectivity index (χ0v) is 12.7. The summed E-state index contributed by atoms with van der Waals surface area (Å²) in [5.74, 6) is 1.20.